The third-order valence-corrected chi connectivity index (χ3v) is 5.39. The number of amides is 3. The number of imide groups is 1. The lowest BCUT2D eigenvalue weighted by Gasteiger charge is -2.26. The number of aryl methyl sites for hydroxylation is 1. The molecular weight excluding hydrogens is 328 g/mol. The van der Waals surface area contributed by atoms with E-state index in [2.05, 4.69) is 12.1 Å². The number of rotatable bonds is 4. The molecule has 0 N–H and O–H groups in total. The molecule has 0 bridgehead atoms. The molecule has 1 unspecified atom stereocenters. The van der Waals surface area contributed by atoms with E-state index in [0.29, 0.717) is 11.1 Å². The van der Waals surface area contributed by atoms with Crippen LogP contribution in [0.1, 0.15) is 50.7 Å². The molecule has 132 valence electrons. The summed E-state index contributed by atoms with van der Waals surface area (Å²) in [7, 11) is 1.80. The zero-order valence-corrected chi connectivity index (χ0v) is 14.6. The second kappa shape index (κ2) is 6.41. The van der Waals surface area contributed by atoms with Crippen LogP contribution in [-0.4, -0.2) is 41.1 Å². The first kappa shape index (κ1) is 16.5. The van der Waals surface area contributed by atoms with Crippen LogP contribution in [0, 0.1) is 0 Å². The van der Waals surface area contributed by atoms with Gasteiger partial charge in [-0.05, 0) is 36.1 Å². The van der Waals surface area contributed by atoms with Gasteiger partial charge in [-0.1, -0.05) is 36.4 Å². The van der Waals surface area contributed by atoms with Crippen molar-refractivity contribution in [1.82, 2.24) is 9.80 Å². The summed E-state index contributed by atoms with van der Waals surface area (Å²) in [5.41, 5.74) is 3.33. The molecule has 2 aliphatic rings. The summed E-state index contributed by atoms with van der Waals surface area (Å²) in [6.07, 6.45) is 2.02. The standard InChI is InChI=1S/C21H20N2O3/c1-22(18-11-10-14-6-2-3-7-15(14)18)19(24)12-13-23-20(25)16-8-4-5-9-17(16)21(23)26/h2-9,18H,10-13H2,1H3. The average molecular weight is 348 g/mol. The van der Waals surface area contributed by atoms with E-state index < -0.39 is 0 Å². The van der Waals surface area contributed by atoms with Crippen molar-refractivity contribution in [2.45, 2.75) is 25.3 Å². The van der Waals surface area contributed by atoms with Gasteiger partial charge in [-0.2, -0.15) is 0 Å². The Kier molecular flexibility index (Phi) is 4.07. The van der Waals surface area contributed by atoms with E-state index in [0.717, 1.165) is 12.8 Å². The van der Waals surface area contributed by atoms with Gasteiger partial charge in [0.15, 0.2) is 0 Å². The van der Waals surface area contributed by atoms with Crippen molar-refractivity contribution in [2.24, 2.45) is 0 Å². The van der Waals surface area contributed by atoms with Crippen molar-refractivity contribution >= 4 is 17.7 Å². The zero-order chi connectivity index (χ0) is 18.3. The molecule has 0 spiro atoms. The second-order valence-electron chi connectivity index (χ2n) is 6.82. The SMILES string of the molecule is CN(C(=O)CCN1C(=O)c2ccccc2C1=O)C1CCc2ccccc21. The summed E-state index contributed by atoms with van der Waals surface area (Å²) in [6, 6.07) is 15.0. The van der Waals surface area contributed by atoms with Gasteiger partial charge in [-0.3, -0.25) is 19.3 Å². The summed E-state index contributed by atoms with van der Waals surface area (Å²) in [4.78, 5) is 40.4. The number of nitrogens with zero attached hydrogens (tertiary/aromatic N) is 2. The van der Waals surface area contributed by atoms with Crippen LogP contribution in [0.3, 0.4) is 0 Å². The highest BCUT2D eigenvalue weighted by Crippen LogP contribution is 2.35. The van der Waals surface area contributed by atoms with Crippen molar-refractivity contribution < 1.29 is 14.4 Å². The Hall–Kier alpha value is -2.95. The van der Waals surface area contributed by atoms with E-state index in [1.165, 1.54) is 16.0 Å². The normalized spacial score (nSPS) is 18.0. The van der Waals surface area contributed by atoms with Gasteiger partial charge in [0.25, 0.3) is 11.8 Å². The number of carbonyl (C=O) groups is 3. The van der Waals surface area contributed by atoms with Crippen LogP contribution in [0.4, 0.5) is 0 Å². The maximum atomic E-state index is 12.7. The van der Waals surface area contributed by atoms with Crippen LogP contribution in [0.15, 0.2) is 48.5 Å². The molecular formula is C21H20N2O3. The second-order valence-corrected chi connectivity index (χ2v) is 6.82. The fourth-order valence-corrected chi connectivity index (χ4v) is 3.94. The Morgan fingerprint density at radius 1 is 1.04 bits per heavy atom. The molecule has 5 nitrogen and oxygen atoms in total. The summed E-state index contributed by atoms with van der Waals surface area (Å²) < 4.78 is 0. The smallest absolute Gasteiger partial charge is 0.261 e. The highest BCUT2D eigenvalue weighted by molar-refractivity contribution is 6.21. The number of hydrogen-bond acceptors (Lipinski definition) is 3. The maximum Gasteiger partial charge on any atom is 0.261 e. The van der Waals surface area contributed by atoms with Gasteiger partial charge >= 0.3 is 0 Å². The van der Waals surface area contributed by atoms with Gasteiger partial charge in [0.05, 0.1) is 17.2 Å². The molecule has 0 saturated heterocycles. The summed E-state index contributed by atoms with van der Waals surface area (Å²) in [5, 5.41) is 0. The Bertz CT molecular complexity index is 871. The summed E-state index contributed by atoms with van der Waals surface area (Å²) in [6.45, 7) is 0.115. The van der Waals surface area contributed by atoms with Crippen LogP contribution in [0.5, 0.6) is 0 Å². The van der Waals surface area contributed by atoms with Crippen LogP contribution < -0.4 is 0 Å². The van der Waals surface area contributed by atoms with Crippen molar-refractivity contribution in [3.8, 4) is 0 Å². The lowest BCUT2D eigenvalue weighted by Crippen LogP contribution is -2.36. The predicted octanol–water partition coefficient (Wildman–Crippen LogP) is 2.82. The molecule has 5 heteroatoms. The molecule has 0 aromatic heterocycles. The maximum absolute atomic E-state index is 12.7. The monoisotopic (exact) mass is 348 g/mol. The minimum absolute atomic E-state index is 0.0525. The minimum Gasteiger partial charge on any atom is -0.339 e. The first-order valence-electron chi connectivity index (χ1n) is 8.86. The molecule has 1 heterocycles. The Labute approximate surface area is 152 Å². The van der Waals surface area contributed by atoms with E-state index in [-0.39, 0.29) is 36.7 Å². The van der Waals surface area contributed by atoms with E-state index in [4.69, 9.17) is 0 Å². The molecule has 1 aliphatic carbocycles. The number of benzene rings is 2. The van der Waals surface area contributed by atoms with Crippen molar-refractivity contribution in [3.63, 3.8) is 0 Å². The fourth-order valence-electron chi connectivity index (χ4n) is 3.94. The fraction of sp³-hybridized carbons (Fsp3) is 0.286. The molecule has 2 aromatic carbocycles. The van der Waals surface area contributed by atoms with Crippen LogP contribution in [-0.2, 0) is 11.2 Å². The van der Waals surface area contributed by atoms with Gasteiger partial charge in [0.1, 0.15) is 0 Å². The highest BCUT2D eigenvalue weighted by Gasteiger charge is 2.36. The quantitative estimate of drug-likeness (QED) is 0.799. The van der Waals surface area contributed by atoms with Gasteiger partial charge in [-0.15, -0.1) is 0 Å². The van der Waals surface area contributed by atoms with Crippen molar-refractivity contribution in [3.05, 3.63) is 70.8 Å². The third-order valence-electron chi connectivity index (χ3n) is 5.39. The average Bonchev–Trinajstić information content (AvgIpc) is 3.20. The first-order valence-corrected chi connectivity index (χ1v) is 8.86. The van der Waals surface area contributed by atoms with Gasteiger partial charge < -0.3 is 4.90 Å². The zero-order valence-electron chi connectivity index (χ0n) is 14.6. The summed E-state index contributed by atoms with van der Waals surface area (Å²) in [5.74, 6) is -0.678. The Morgan fingerprint density at radius 3 is 2.35 bits per heavy atom. The predicted molar refractivity (Wildman–Crippen MR) is 96.7 cm³/mol. The van der Waals surface area contributed by atoms with E-state index >= 15 is 0 Å². The van der Waals surface area contributed by atoms with E-state index in [1.54, 1.807) is 36.2 Å². The van der Waals surface area contributed by atoms with E-state index in [1.807, 2.05) is 12.1 Å². The summed E-state index contributed by atoms with van der Waals surface area (Å²) >= 11 is 0. The van der Waals surface area contributed by atoms with Crippen LogP contribution >= 0.6 is 0 Å². The number of fused-ring (bicyclic) bond motifs is 2. The minimum atomic E-state index is -0.313. The van der Waals surface area contributed by atoms with Crippen LogP contribution in [0.2, 0.25) is 0 Å². The number of carbonyl (C=O) groups excluding carboxylic acids is 3. The topological polar surface area (TPSA) is 57.7 Å². The highest BCUT2D eigenvalue weighted by atomic mass is 16.2. The molecule has 1 aliphatic heterocycles. The lowest BCUT2D eigenvalue weighted by atomic mass is 10.1. The lowest BCUT2D eigenvalue weighted by molar-refractivity contribution is -0.132. The molecule has 3 amide bonds. The molecule has 0 saturated carbocycles. The Balaban J connectivity index is 1.42. The molecule has 4 rings (SSSR count). The molecule has 2 aromatic rings. The Morgan fingerprint density at radius 2 is 1.65 bits per heavy atom. The van der Waals surface area contributed by atoms with Gasteiger partial charge in [0.2, 0.25) is 5.91 Å². The third kappa shape index (κ3) is 2.60. The first-order chi connectivity index (χ1) is 12.6. The molecule has 0 radical (unpaired) electrons. The van der Waals surface area contributed by atoms with Gasteiger partial charge in [-0.25, -0.2) is 0 Å². The van der Waals surface area contributed by atoms with Gasteiger partial charge in [0, 0.05) is 20.0 Å². The largest absolute Gasteiger partial charge is 0.339 e. The van der Waals surface area contributed by atoms with E-state index in [9.17, 15) is 14.4 Å². The number of hydrogen-bond donors (Lipinski definition) is 0. The molecule has 26 heavy (non-hydrogen) atoms. The van der Waals surface area contributed by atoms with Crippen molar-refractivity contribution in [1.29, 1.82) is 0 Å². The molecule has 0 fully saturated rings. The van der Waals surface area contributed by atoms with Crippen LogP contribution in [0.25, 0.3) is 0 Å². The van der Waals surface area contributed by atoms with Crippen molar-refractivity contribution in [2.75, 3.05) is 13.6 Å². The molecule has 1 atom stereocenters.